The molecule has 0 aliphatic carbocycles. The SMILES string of the molecule is Cn1ncc2c(C(=O)Nc3cccnc3)cc(-c3ccc(C(F)(F)F)cc3)nc21. The Morgan fingerprint density at radius 2 is 1.86 bits per heavy atom. The molecule has 1 aromatic carbocycles. The second kappa shape index (κ2) is 7.01. The van der Waals surface area contributed by atoms with Crippen LogP contribution in [0.5, 0.6) is 0 Å². The van der Waals surface area contributed by atoms with Crippen LogP contribution in [-0.2, 0) is 13.2 Å². The number of hydrogen-bond acceptors (Lipinski definition) is 4. The molecule has 0 saturated heterocycles. The number of aryl methyl sites for hydroxylation is 1. The second-order valence-corrected chi connectivity index (χ2v) is 6.33. The average Bonchev–Trinajstić information content (AvgIpc) is 3.08. The number of nitrogens with zero attached hydrogens (tertiary/aromatic N) is 4. The number of carbonyl (C=O) groups excluding carboxylic acids is 1. The van der Waals surface area contributed by atoms with Gasteiger partial charge in [0.15, 0.2) is 5.65 Å². The van der Waals surface area contributed by atoms with Crippen molar-refractivity contribution in [1.82, 2.24) is 19.7 Å². The van der Waals surface area contributed by atoms with E-state index in [1.165, 1.54) is 35.3 Å². The van der Waals surface area contributed by atoms with Crippen molar-refractivity contribution in [2.75, 3.05) is 5.32 Å². The van der Waals surface area contributed by atoms with Crippen LogP contribution >= 0.6 is 0 Å². The van der Waals surface area contributed by atoms with Gasteiger partial charge in [0, 0.05) is 18.8 Å². The first-order valence-electron chi connectivity index (χ1n) is 8.55. The monoisotopic (exact) mass is 397 g/mol. The van der Waals surface area contributed by atoms with Gasteiger partial charge in [-0.2, -0.15) is 18.3 Å². The largest absolute Gasteiger partial charge is 0.416 e. The van der Waals surface area contributed by atoms with E-state index >= 15 is 0 Å². The molecular formula is C20H14F3N5O. The maximum absolute atomic E-state index is 12.9. The van der Waals surface area contributed by atoms with Gasteiger partial charge >= 0.3 is 6.18 Å². The van der Waals surface area contributed by atoms with Gasteiger partial charge in [-0.05, 0) is 30.3 Å². The Hall–Kier alpha value is -3.75. The standard InChI is InChI=1S/C20H14F3N5O/c1-28-18-16(11-25-28)15(19(29)26-14-3-2-8-24-10-14)9-17(27-18)12-4-6-13(7-5-12)20(21,22)23/h2-11H,1H3,(H,26,29). The fourth-order valence-corrected chi connectivity index (χ4v) is 2.92. The molecule has 0 aliphatic heterocycles. The third kappa shape index (κ3) is 3.66. The Kier molecular flexibility index (Phi) is 4.50. The normalized spacial score (nSPS) is 11.6. The van der Waals surface area contributed by atoms with Gasteiger partial charge in [-0.15, -0.1) is 0 Å². The van der Waals surface area contributed by atoms with E-state index in [0.717, 1.165) is 12.1 Å². The molecule has 0 aliphatic rings. The maximum Gasteiger partial charge on any atom is 0.416 e. The number of fused-ring (bicyclic) bond motifs is 1. The Bertz CT molecular complexity index is 1180. The zero-order chi connectivity index (χ0) is 20.6. The van der Waals surface area contributed by atoms with Gasteiger partial charge in [0.25, 0.3) is 5.91 Å². The minimum absolute atomic E-state index is 0.307. The number of anilines is 1. The predicted molar refractivity (Wildman–Crippen MR) is 101 cm³/mol. The van der Waals surface area contributed by atoms with E-state index in [0.29, 0.717) is 33.5 Å². The van der Waals surface area contributed by atoms with Crippen molar-refractivity contribution in [2.24, 2.45) is 7.05 Å². The van der Waals surface area contributed by atoms with E-state index in [-0.39, 0.29) is 0 Å². The molecule has 6 nitrogen and oxygen atoms in total. The van der Waals surface area contributed by atoms with Crippen molar-refractivity contribution < 1.29 is 18.0 Å². The fourth-order valence-electron chi connectivity index (χ4n) is 2.92. The van der Waals surface area contributed by atoms with Crippen molar-refractivity contribution in [3.8, 4) is 11.3 Å². The highest BCUT2D eigenvalue weighted by Gasteiger charge is 2.30. The summed E-state index contributed by atoms with van der Waals surface area (Å²) in [5.41, 5.74) is 1.34. The van der Waals surface area contributed by atoms with Crippen LogP contribution in [0, 0.1) is 0 Å². The summed E-state index contributed by atoms with van der Waals surface area (Å²) in [4.78, 5) is 21.3. The molecule has 4 rings (SSSR count). The van der Waals surface area contributed by atoms with Gasteiger partial charge in [0.1, 0.15) is 0 Å². The number of nitrogens with one attached hydrogen (secondary N) is 1. The molecule has 9 heteroatoms. The van der Waals surface area contributed by atoms with Gasteiger partial charge in [0.2, 0.25) is 0 Å². The smallest absolute Gasteiger partial charge is 0.321 e. The van der Waals surface area contributed by atoms with E-state index < -0.39 is 17.6 Å². The lowest BCUT2D eigenvalue weighted by Gasteiger charge is -2.10. The number of hydrogen-bond donors (Lipinski definition) is 1. The Labute approximate surface area is 163 Å². The highest BCUT2D eigenvalue weighted by molar-refractivity contribution is 6.12. The summed E-state index contributed by atoms with van der Waals surface area (Å²) < 4.78 is 40.0. The Balaban J connectivity index is 1.78. The van der Waals surface area contributed by atoms with Crippen LogP contribution in [0.2, 0.25) is 0 Å². The molecular weight excluding hydrogens is 383 g/mol. The molecule has 0 atom stereocenters. The van der Waals surface area contributed by atoms with Gasteiger partial charge < -0.3 is 5.32 Å². The molecule has 146 valence electrons. The molecule has 4 aromatic rings. The van der Waals surface area contributed by atoms with Crippen LogP contribution in [0.15, 0.2) is 61.1 Å². The van der Waals surface area contributed by atoms with Crippen molar-refractivity contribution in [2.45, 2.75) is 6.18 Å². The van der Waals surface area contributed by atoms with Crippen LogP contribution < -0.4 is 5.32 Å². The number of amides is 1. The van der Waals surface area contributed by atoms with E-state index in [1.807, 2.05) is 0 Å². The van der Waals surface area contributed by atoms with Crippen molar-refractivity contribution in [3.05, 3.63) is 72.2 Å². The number of halogens is 3. The second-order valence-electron chi connectivity index (χ2n) is 6.33. The number of aromatic nitrogens is 4. The highest BCUT2D eigenvalue weighted by Crippen LogP contribution is 2.31. The third-order valence-corrected chi connectivity index (χ3v) is 4.38. The molecule has 1 N–H and O–H groups in total. The Morgan fingerprint density at radius 1 is 1.10 bits per heavy atom. The first-order chi connectivity index (χ1) is 13.8. The van der Waals surface area contributed by atoms with Crippen LogP contribution in [0.3, 0.4) is 0 Å². The molecule has 0 fully saturated rings. The lowest BCUT2D eigenvalue weighted by molar-refractivity contribution is -0.137. The van der Waals surface area contributed by atoms with E-state index in [2.05, 4.69) is 20.4 Å². The molecule has 0 unspecified atom stereocenters. The molecule has 29 heavy (non-hydrogen) atoms. The molecule has 0 saturated carbocycles. The molecule has 1 amide bonds. The molecule has 3 heterocycles. The van der Waals surface area contributed by atoms with Gasteiger partial charge in [0.05, 0.1) is 40.3 Å². The molecule has 3 aromatic heterocycles. The maximum atomic E-state index is 12.9. The zero-order valence-corrected chi connectivity index (χ0v) is 15.1. The summed E-state index contributed by atoms with van der Waals surface area (Å²) in [5, 5.41) is 7.42. The fraction of sp³-hybridized carbons (Fsp3) is 0.100. The number of pyridine rings is 2. The van der Waals surface area contributed by atoms with Gasteiger partial charge in [-0.1, -0.05) is 12.1 Å². The summed E-state index contributed by atoms with van der Waals surface area (Å²) >= 11 is 0. The lowest BCUT2D eigenvalue weighted by Crippen LogP contribution is -2.13. The third-order valence-electron chi connectivity index (χ3n) is 4.38. The van der Waals surface area contributed by atoms with E-state index in [1.54, 1.807) is 25.4 Å². The quantitative estimate of drug-likeness (QED) is 0.559. The minimum atomic E-state index is -4.42. The number of alkyl halides is 3. The van der Waals surface area contributed by atoms with Gasteiger partial charge in [-0.3, -0.25) is 14.5 Å². The van der Waals surface area contributed by atoms with Crippen LogP contribution in [-0.4, -0.2) is 25.7 Å². The van der Waals surface area contributed by atoms with E-state index in [9.17, 15) is 18.0 Å². The van der Waals surface area contributed by atoms with Crippen LogP contribution in [0.1, 0.15) is 15.9 Å². The number of carbonyl (C=O) groups is 1. The summed E-state index contributed by atoms with van der Waals surface area (Å²) in [5.74, 6) is -0.397. The summed E-state index contributed by atoms with van der Waals surface area (Å²) in [6.07, 6.45) is 0.199. The van der Waals surface area contributed by atoms with Gasteiger partial charge in [-0.25, -0.2) is 4.98 Å². The number of benzene rings is 1. The molecule has 0 bridgehead atoms. The first-order valence-corrected chi connectivity index (χ1v) is 8.55. The molecule has 0 spiro atoms. The Morgan fingerprint density at radius 3 is 2.52 bits per heavy atom. The van der Waals surface area contributed by atoms with E-state index in [4.69, 9.17) is 0 Å². The summed E-state index contributed by atoms with van der Waals surface area (Å²) in [6, 6.07) is 9.56. The van der Waals surface area contributed by atoms with Crippen LogP contribution in [0.25, 0.3) is 22.3 Å². The van der Waals surface area contributed by atoms with Crippen molar-refractivity contribution >= 4 is 22.6 Å². The van der Waals surface area contributed by atoms with Crippen molar-refractivity contribution in [3.63, 3.8) is 0 Å². The minimum Gasteiger partial charge on any atom is -0.321 e. The molecule has 0 radical (unpaired) electrons. The van der Waals surface area contributed by atoms with Crippen molar-refractivity contribution in [1.29, 1.82) is 0 Å². The number of rotatable bonds is 3. The summed E-state index contributed by atoms with van der Waals surface area (Å²) in [6.45, 7) is 0. The highest BCUT2D eigenvalue weighted by atomic mass is 19.4. The summed E-state index contributed by atoms with van der Waals surface area (Å²) in [7, 11) is 1.68. The topological polar surface area (TPSA) is 72.7 Å². The average molecular weight is 397 g/mol. The van der Waals surface area contributed by atoms with Crippen LogP contribution in [0.4, 0.5) is 18.9 Å². The first kappa shape index (κ1) is 18.6. The zero-order valence-electron chi connectivity index (χ0n) is 15.1. The predicted octanol–water partition coefficient (Wildman–Crippen LogP) is 4.30. The lowest BCUT2D eigenvalue weighted by atomic mass is 10.0.